The Balaban J connectivity index is 2.55. The molecule has 1 aromatic carbocycles. The minimum absolute atomic E-state index is 0.0842. The molecule has 21 heavy (non-hydrogen) atoms. The Morgan fingerprint density at radius 2 is 1.67 bits per heavy atom. The Kier molecular flexibility index (Phi) is 6.39. The number of hydrazine groups is 1. The predicted octanol–water partition coefficient (Wildman–Crippen LogP) is 1.84. The topological polar surface area (TPSA) is 87.3 Å². The van der Waals surface area contributed by atoms with Gasteiger partial charge < -0.3 is 5.32 Å². The number of anilines is 1. The molecule has 0 aromatic heterocycles. The third-order valence-corrected chi connectivity index (χ3v) is 2.73. The lowest BCUT2D eigenvalue weighted by atomic mass is 10.1. The summed E-state index contributed by atoms with van der Waals surface area (Å²) in [4.78, 5) is 34.6. The first kappa shape index (κ1) is 16.7. The molecule has 0 aliphatic heterocycles. The number of nitrogens with one attached hydrogen (secondary N) is 3. The summed E-state index contributed by atoms with van der Waals surface area (Å²) in [5.74, 6) is -0.825. The van der Waals surface area contributed by atoms with E-state index in [1.165, 1.54) is 0 Å². The minimum Gasteiger partial charge on any atom is -0.326 e. The van der Waals surface area contributed by atoms with Gasteiger partial charge in [0, 0.05) is 23.6 Å². The van der Waals surface area contributed by atoms with Gasteiger partial charge in [-0.2, -0.15) is 0 Å². The van der Waals surface area contributed by atoms with E-state index in [-0.39, 0.29) is 17.7 Å². The van der Waals surface area contributed by atoms with E-state index in [0.717, 1.165) is 0 Å². The van der Waals surface area contributed by atoms with Gasteiger partial charge in [0.15, 0.2) is 0 Å². The number of carbonyl (C=O) groups is 3. The molecule has 0 spiro atoms. The van der Waals surface area contributed by atoms with Crippen LogP contribution in [0, 0.1) is 5.92 Å². The van der Waals surface area contributed by atoms with Gasteiger partial charge in [-0.1, -0.05) is 20.8 Å². The normalized spacial score (nSPS) is 10.1. The molecule has 1 aromatic rings. The van der Waals surface area contributed by atoms with Crippen molar-refractivity contribution in [1.29, 1.82) is 0 Å². The van der Waals surface area contributed by atoms with Gasteiger partial charge in [-0.05, 0) is 30.7 Å². The third-order valence-electron chi connectivity index (χ3n) is 2.73. The van der Waals surface area contributed by atoms with Gasteiger partial charge >= 0.3 is 0 Å². The van der Waals surface area contributed by atoms with E-state index < -0.39 is 5.91 Å². The lowest BCUT2D eigenvalue weighted by Gasteiger charge is -2.09. The average Bonchev–Trinajstić information content (AvgIpc) is 2.45. The van der Waals surface area contributed by atoms with Crippen LogP contribution in [0.2, 0.25) is 0 Å². The Hall–Kier alpha value is -2.37. The second-order valence-corrected chi connectivity index (χ2v) is 4.97. The molecule has 0 saturated carbocycles. The fourth-order valence-corrected chi connectivity index (χ4v) is 1.48. The first-order valence-corrected chi connectivity index (χ1v) is 6.94. The second-order valence-electron chi connectivity index (χ2n) is 4.97. The van der Waals surface area contributed by atoms with Crippen molar-refractivity contribution >= 4 is 23.4 Å². The first-order valence-electron chi connectivity index (χ1n) is 6.94. The van der Waals surface area contributed by atoms with Crippen LogP contribution in [0.5, 0.6) is 0 Å². The smallest absolute Gasteiger partial charge is 0.269 e. The van der Waals surface area contributed by atoms with Gasteiger partial charge in [-0.15, -0.1) is 0 Å². The molecule has 6 nitrogen and oxygen atoms in total. The number of hydrogen-bond acceptors (Lipinski definition) is 3. The van der Waals surface area contributed by atoms with E-state index in [9.17, 15) is 14.4 Å². The van der Waals surface area contributed by atoms with Crippen molar-refractivity contribution in [3.8, 4) is 0 Å². The highest BCUT2D eigenvalue weighted by Gasteiger charge is 2.09. The third kappa shape index (κ3) is 5.64. The van der Waals surface area contributed by atoms with E-state index >= 15 is 0 Å². The SMILES string of the molecule is CCCC(=O)NNC(=O)c1ccc(NC(=O)C(C)C)cc1. The maximum absolute atomic E-state index is 11.8. The summed E-state index contributed by atoms with van der Waals surface area (Å²) in [5, 5.41) is 2.73. The molecule has 1 rings (SSSR count). The monoisotopic (exact) mass is 291 g/mol. The summed E-state index contributed by atoms with van der Waals surface area (Å²) in [6.45, 7) is 5.48. The maximum Gasteiger partial charge on any atom is 0.269 e. The highest BCUT2D eigenvalue weighted by atomic mass is 16.2. The van der Waals surface area contributed by atoms with Crippen LogP contribution in [0.15, 0.2) is 24.3 Å². The van der Waals surface area contributed by atoms with Gasteiger partial charge in [0.2, 0.25) is 11.8 Å². The average molecular weight is 291 g/mol. The van der Waals surface area contributed by atoms with Crippen molar-refractivity contribution < 1.29 is 14.4 Å². The molecule has 0 aliphatic carbocycles. The molecule has 0 bridgehead atoms. The molecule has 0 fully saturated rings. The molecule has 3 N–H and O–H groups in total. The van der Waals surface area contributed by atoms with Crippen molar-refractivity contribution in [3.63, 3.8) is 0 Å². The molecular weight excluding hydrogens is 270 g/mol. The molecule has 0 unspecified atom stereocenters. The Bertz CT molecular complexity index is 509. The number of amides is 3. The summed E-state index contributed by atoms with van der Waals surface area (Å²) in [6.07, 6.45) is 1.08. The van der Waals surface area contributed by atoms with Crippen LogP contribution in [0.25, 0.3) is 0 Å². The maximum atomic E-state index is 11.8. The van der Waals surface area contributed by atoms with Crippen molar-refractivity contribution in [3.05, 3.63) is 29.8 Å². The fourth-order valence-electron chi connectivity index (χ4n) is 1.48. The number of carbonyl (C=O) groups excluding carboxylic acids is 3. The molecular formula is C15H21N3O3. The van der Waals surface area contributed by atoms with Crippen LogP contribution in [0.3, 0.4) is 0 Å². The number of benzene rings is 1. The van der Waals surface area contributed by atoms with Gasteiger partial charge in [0.05, 0.1) is 0 Å². The van der Waals surface area contributed by atoms with Gasteiger partial charge in [0.1, 0.15) is 0 Å². The van der Waals surface area contributed by atoms with Crippen LogP contribution in [-0.4, -0.2) is 17.7 Å². The molecule has 114 valence electrons. The van der Waals surface area contributed by atoms with Crippen LogP contribution in [0.4, 0.5) is 5.69 Å². The molecule has 0 saturated heterocycles. The van der Waals surface area contributed by atoms with Gasteiger partial charge in [-0.3, -0.25) is 25.2 Å². The van der Waals surface area contributed by atoms with Crippen molar-refractivity contribution in [2.24, 2.45) is 5.92 Å². The van der Waals surface area contributed by atoms with Crippen molar-refractivity contribution in [1.82, 2.24) is 10.9 Å². The standard InChI is InChI=1S/C15H21N3O3/c1-4-5-13(19)17-18-15(21)11-6-8-12(9-7-11)16-14(20)10(2)3/h6-10H,4-5H2,1-3H3,(H,16,20)(H,17,19)(H,18,21). The molecule has 6 heteroatoms. The number of hydrogen-bond donors (Lipinski definition) is 3. The Morgan fingerprint density at radius 1 is 1.05 bits per heavy atom. The van der Waals surface area contributed by atoms with Crippen LogP contribution in [0.1, 0.15) is 44.0 Å². The van der Waals surface area contributed by atoms with E-state index in [2.05, 4.69) is 16.2 Å². The molecule has 0 atom stereocenters. The van der Waals surface area contributed by atoms with Crippen LogP contribution >= 0.6 is 0 Å². The largest absolute Gasteiger partial charge is 0.326 e. The minimum atomic E-state index is -0.402. The fraction of sp³-hybridized carbons (Fsp3) is 0.400. The lowest BCUT2D eigenvalue weighted by Crippen LogP contribution is -2.41. The Morgan fingerprint density at radius 3 is 2.19 bits per heavy atom. The summed E-state index contributed by atoms with van der Waals surface area (Å²) in [5.41, 5.74) is 5.69. The summed E-state index contributed by atoms with van der Waals surface area (Å²) >= 11 is 0. The van der Waals surface area contributed by atoms with Gasteiger partial charge in [-0.25, -0.2) is 0 Å². The predicted molar refractivity (Wildman–Crippen MR) is 80.4 cm³/mol. The van der Waals surface area contributed by atoms with Gasteiger partial charge in [0.25, 0.3) is 5.91 Å². The molecule has 0 aliphatic rings. The zero-order valence-corrected chi connectivity index (χ0v) is 12.5. The summed E-state index contributed by atoms with van der Waals surface area (Å²) < 4.78 is 0. The highest BCUT2D eigenvalue weighted by molar-refractivity contribution is 5.96. The highest BCUT2D eigenvalue weighted by Crippen LogP contribution is 2.10. The molecule has 3 amide bonds. The summed E-state index contributed by atoms with van der Waals surface area (Å²) in [6, 6.07) is 6.45. The van der Waals surface area contributed by atoms with E-state index in [1.54, 1.807) is 38.1 Å². The second kappa shape index (κ2) is 8.04. The van der Waals surface area contributed by atoms with E-state index in [1.807, 2.05) is 6.92 Å². The lowest BCUT2D eigenvalue weighted by molar-refractivity contribution is -0.122. The molecule has 0 radical (unpaired) electrons. The molecule has 0 heterocycles. The van der Waals surface area contributed by atoms with E-state index in [0.29, 0.717) is 24.1 Å². The van der Waals surface area contributed by atoms with E-state index in [4.69, 9.17) is 0 Å². The Labute approximate surface area is 124 Å². The number of rotatable bonds is 5. The van der Waals surface area contributed by atoms with Crippen LogP contribution < -0.4 is 16.2 Å². The summed E-state index contributed by atoms with van der Waals surface area (Å²) in [7, 11) is 0. The van der Waals surface area contributed by atoms with Crippen molar-refractivity contribution in [2.45, 2.75) is 33.6 Å². The zero-order valence-electron chi connectivity index (χ0n) is 12.5. The van der Waals surface area contributed by atoms with Crippen molar-refractivity contribution in [2.75, 3.05) is 5.32 Å². The zero-order chi connectivity index (χ0) is 15.8. The first-order chi connectivity index (χ1) is 9.93. The quantitative estimate of drug-likeness (QED) is 0.723. The van der Waals surface area contributed by atoms with Crippen LogP contribution in [-0.2, 0) is 9.59 Å².